The van der Waals surface area contributed by atoms with Gasteiger partial charge in [0.15, 0.2) is 6.61 Å². The van der Waals surface area contributed by atoms with E-state index >= 15 is 0 Å². The summed E-state index contributed by atoms with van der Waals surface area (Å²) in [6.45, 7) is 0.946. The number of esters is 1. The molecule has 3 rings (SSSR count). The number of ether oxygens (including phenoxy) is 1. The smallest absolute Gasteiger partial charge is 0.338 e. The SMILES string of the molecule is Cc1cc(C(=O)OCC(=O)Nc2sc3c(c2C(N)=O)CCCC3)ccc1[N+](=O)[O-]. The number of rotatable bonds is 6. The van der Waals surface area contributed by atoms with Crippen molar-refractivity contribution in [3.05, 3.63) is 55.4 Å². The Morgan fingerprint density at radius 1 is 1.28 bits per heavy atom. The van der Waals surface area contributed by atoms with Gasteiger partial charge < -0.3 is 15.8 Å². The van der Waals surface area contributed by atoms with Crippen molar-refractivity contribution >= 4 is 39.8 Å². The molecule has 1 aromatic carbocycles. The van der Waals surface area contributed by atoms with Crippen LogP contribution in [0.5, 0.6) is 0 Å². The summed E-state index contributed by atoms with van der Waals surface area (Å²) < 4.78 is 4.99. The van der Waals surface area contributed by atoms with Gasteiger partial charge in [0, 0.05) is 16.5 Å². The lowest BCUT2D eigenvalue weighted by Gasteiger charge is -2.11. The summed E-state index contributed by atoms with van der Waals surface area (Å²) in [5, 5.41) is 13.8. The van der Waals surface area contributed by atoms with Crippen molar-refractivity contribution in [2.75, 3.05) is 11.9 Å². The first-order valence-electron chi connectivity index (χ1n) is 8.94. The van der Waals surface area contributed by atoms with Crippen molar-refractivity contribution in [2.24, 2.45) is 5.73 Å². The van der Waals surface area contributed by atoms with Gasteiger partial charge >= 0.3 is 5.97 Å². The average molecular weight is 417 g/mol. The third-order valence-electron chi connectivity index (χ3n) is 4.63. The van der Waals surface area contributed by atoms with Crippen molar-refractivity contribution < 1.29 is 24.0 Å². The van der Waals surface area contributed by atoms with E-state index in [1.54, 1.807) is 0 Å². The molecular formula is C19H19N3O6S. The summed E-state index contributed by atoms with van der Waals surface area (Å²) in [5.41, 5.74) is 7.01. The number of nitrogens with zero attached hydrogens (tertiary/aromatic N) is 1. The average Bonchev–Trinajstić information content (AvgIpc) is 3.03. The van der Waals surface area contributed by atoms with E-state index in [4.69, 9.17) is 10.5 Å². The van der Waals surface area contributed by atoms with Crippen LogP contribution in [-0.2, 0) is 22.4 Å². The van der Waals surface area contributed by atoms with Crippen LogP contribution in [0.1, 0.15) is 49.6 Å². The Kier molecular flexibility index (Phi) is 5.92. The molecule has 10 heteroatoms. The fourth-order valence-corrected chi connectivity index (χ4v) is 4.59. The van der Waals surface area contributed by atoms with E-state index in [0.717, 1.165) is 36.1 Å². The molecule has 2 aromatic rings. The zero-order valence-electron chi connectivity index (χ0n) is 15.6. The summed E-state index contributed by atoms with van der Waals surface area (Å²) in [7, 11) is 0. The number of thiophene rings is 1. The zero-order chi connectivity index (χ0) is 21.1. The van der Waals surface area contributed by atoms with Crippen molar-refractivity contribution in [1.29, 1.82) is 0 Å². The maximum atomic E-state index is 12.2. The first kappa shape index (κ1) is 20.5. The molecule has 0 aliphatic heterocycles. The number of hydrogen-bond acceptors (Lipinski definition) is 7. The van der Waals surface area contributed by atoms with E-state index in [0.29, 0.717) is 16.1 Å². The predicted octanol–water partition coefficient (Wildman–Crippen LogP) is 2.74. The number of carbonyl (C=O) groups is 3. The molecule has 0 spiro atoms. The molecule has 0 atom stereocenters. The molecule has 152 valence electrons. The molecule has 0 radical (unpaired) electrons. The molecule has 0 unspecified atom stereocenters. The Morgan fingerprint density at radius 2 is 2.00 bits per heavy atom. The summed E-state index contributed by atoms with van der Waals surface area (Å²) >= 11 is 1.32. The number of aryl methyl sites for hydroxylation is 2. The Labute approximate surface area is 170 Å². The number of amides is 2. The van der Waals surface area contributed by atoms with Gasteiger partial charge in [-0.2, -0.15) is 0 Å². The number of nitrogens with two attached hydrogens (primary N) is 1. The molecule has 1 aromatic heterocycles. The van der Waals surface area contributed by atoms with Gasteiger partial charge in [0.2, 0.25) is 0 Å². The van der Waals surface area contributed by atoms with Gasteiger partial charge in [0.05, 0.1) is 16.1 Å². The van der Waals surface area contributed by atoms with Crippen LogP contribution < -0.4 is 11.1 Å². The summed E-state index contributed by atoms with van der Waals surface area (Å²) in [5.74, 6) is -1.98. The van der Waals surface area contributed by atoms with Gasteiger partial charge in [0.1, 0.15) is 5.00 Å². The molecular weight excluding hydrogens is 398 g/mol. The van der Waals surface area contributed by atoms with Gasteiger partial charge in [0.25, 0.3) is 17.5 Å². The number of nitro benzene ring substituents is 1. The van der Waals surface area contributed by atoms with Crippen molar-refractivity contribution in [3.63, 3.8) is 0 Å². The lowest BCUT2D eigenvalue weighted by atomic mass is 9.95. The van der Waals surface area contributed by atoms with Crippen molar-refractivity contribution in [1.82, 2.24) is 0 Å². The Morgan fingerprint density at radius 3 is 2.66 bits per heavy atom. The fraction of sp³-hybridized carbons (Fsp3) is 0.316. The van der Waals surface area contributed by atoms with Crippen LogP contribution in [-0.4, -0.2) is 29.3 Å². The summed E-state index contributed by atoms with van der Waals surface area (Å²) in [4.78, 5) is 47.5. The van der Waals surface area contributed by atoms with Crippen LogP contribution in [0.2, 0.25) is 0 Å². The van der Waals surface area contributed by atoms with Gasteiger partial charge in [-0.15, -0.1) is 11.3 Å². The monoisotopic (exact) mass is 417 g/mol. The predicted molar refractivity (Wildman–Crippen MR) is 106 cm³/mol. The minimum atomic E-state index is -0.779. The Balaban J connectivity index is 1.65. The number of primary amides is 1. The number of anilines is 1. The maximum Gasteiger partial charge on any atom is 0.338 e. The van der Waals surface area contributed by atoms with Crippen LogP contribution >= 0.6 is 11.3 Å². The first-order chi connectivity index (χ1) is 13.8. The van der Waals surface area contributed by atoms with E-state index in [-0.39, 0.29) is 11.3 Å². The molecule has 0 bridgehead atoms. The third-order valence-corrected chi connectivity index (χ3v) is 5.84. The van der Waals surface area contributed by atoms with Crippen LogP contribution in [0.3, 0.4) is 0 Å². The van der Waals surface area contributed by atoms with Gasteiger partial charge in [-0.3, -0.25) is 19.7 Å². The van der Waals surface area contributed by atoms with Gasteiger partial charge in [-0.1, -0.05) is 0 Å². The number of benzene rings is 1. The number of carbonyl (C=O) groups excluding carboxylic acids is 3. The van der Waals surface area contributed by atoms with Crippen molar-refractivity contribution in [2.45, 2.75) is 32.6 Å². The third kappa shape index (κ3) is 4.43. The van der Waals surface area contributed by atoms with Crippen LogP contribution in [0.25, 0.3) is 0 Å². The molecule has 1 aliphatic rings. The molecule has 29 heavy (non-hydrogen) atoms. The summed E-state index contributed by atoms with van der Waals surface area (Å²) in [6, 6.07) is 3.81. The highest BCUT2D eigenvalue weighted by Gasteiger charge is 2.25. The van der Waals surface area contributed by atoms with E-state index in [2.05, 4.69) is 5.32 Å². The van der Waals surface area contributed by atoms with Crippen LogP contribution in [0.4, 0.5) is 10.7 Å². The van der Waals surface area contributed by atoms with Crippen LogP contribution in [0.15, 0.2) is 18.2 Å². The molecule has 1 aliphatic carbocycles. The van der Waals surface area contributed by atoms with E-state index < -0.39 is 29.3 Å². The molecule has 0 fully saturated rings. The second-order valence-electron chi connectivity index (χ2n) is 6.66. The number of nitro groups is 1. The van der Waals surface area contributed by atoms with E-state index in [1.807, 2.05) is 0 Å². The molecule has 1 heterocycles. The molecule has 0 saturated heterocycles. The number of hydrogen-bond donors (Lipinski definition) is 2. The fourth-order valence-electron chi connectivity index (χ4n) is 3.28. The zero-order valence-corrected chi connectivity index (χ0v) is 16.5. The molecule has 2 amide bonds. The lowest BCUT2D eigenvalue weighted by Crippen LogP contribution is -2.23. The number of nitrogens with one attached hydrogen (secondary N) is 1. The van der Waals surface area contributed by atoms with E-state index in [9.17, 15) is 24.5 Å². The normalized spacial score (nSPS) is 12.7. The first-order valence-corrected chi connectivity index (χ1v) is 9.76. The van der Waals surface area contributed by atoms with Gasteiger partial charge in [-0.25, -0.2) is 4.79 Å². The topological polar surface area (TPSA) is 142 Å². The largest absolute Gasteiger partial charge is 0.452 e. The van der Waals surface area contributed by atoms with Crippen LogP contribution in [0, 0.1) is 17.0 Å². The minimum absolute atomic E-state index is 0.102. The number of fused-ring (bicyclic) bond motifs is 1. The molecule has 3 N–H and O–H groups in total. The summed E-state index contributed by atoms with van der Waals surface area (Å²) in [6.07, 6.45) is 3.56. The van der Waals surface area contributed by atoms with Gasteiger partial charge in [-0.05, 0) is 50.3 Å². The maximum absolute atomic E-state index is 12.2. The molecule has 0 saturated carbocycles. The highest BCUT2D eigenvalue weighted by molar-refractivity contribution is 7.17. The molecule has 9 nitrogen and oxygen atoms in total. The minimum Gasteiger partial charge on any atom is -0.452 e. The highest BCUT2D eigenvalue weighted by Crippen LogP contribution is 2.37. The Hall–Kier alpha value is -3.27. The Bertz CT molecular complexity index is 1010. The second kappa shape index (κ2) is 8.39. The quantitative estimate of drug-likeness (QED) is 0.420. The van der Waals surface area contributed by atoms with E-state index in [1.165, 1.54) is 36.5 Å². The van der Waals surface area contributed by atoms with Crippen molar-refractivity contribution in [3.8, 4) is 0 Å². The lowest BCUT2D eigenvalue weighted by molar-refractivity contribution is -0.385. The highest BCUT2D eigenvalue weighted by atomic mass is 32.1. The second-order valence-corrected chi connectivity index (χ2v) is 7.77. The standard InChI is InChI=1S/C19H19N3O6S/c1-10-8-11(6-7-13(10)22(26)27)19(25)28-9-15(23)21-18-16(17(20)24)12-4-2-3-5-14(12)29-18/h6-8H,2-5,9H2,1H3,(H2,20,24)(H,21,23).